The molecule has 1 saturated heterocycles. The number of nitrogens with zero attached hydrogens (tertiary/aromatic N) is 1. The Balaban J connectivity index is 1.26. The van der Waals surface area contributed by atoms with Crippen LogP contribution in [0.3, 0.4) is 0 Å². The smallest absolute Gasteiger partial charge is 0.256 e. The molecule has 0 bridgehead atoms. The van der Waals surface area contributed by atoms with Gasteiger partial charge in [0.05, 0.1) is 6.61 Å². The van der Waals surface area contributed by atoms with Gasteiger partial charge < -0.3 is 29.5 Å². The minimum absolute atomic E-state index is 0.391. The molecule has 1 aromatic heterocycles. The first-order valence-corrected chi connectivity index (χ1v) is 16.4. The zero-order chi connectivity index (χ0) is 25.8. The predicted octanol–water partition coefficient (Wildman–Crippen LogP) is 5.77. The Hall–Kier alpha value is -2.13. The molecule has 0 radical (unpaired) electrons. The molecule has 1 unspecified atom stereocenters. The van der Waals surface area contributed by atoms with E-state index < -0.39 is 17.4 Å². The van der Waals surface area contributed by atoms with Crippen molar-refractivity contribution in [1.29, 1.82) is 0 Å². The highest BCUT2D eigenvalue weighted by atomic mass is 32.7. The van der Waals surface area contributed by atoms with E-state index in [9.17, 15) is 9.36 Å². The Labute approximate surface area is 219 Å². The molecule has 2 heterocycles. The molecule has 36 heavy (non-hydrogen) atoms. The molecule has 1 aliphatic heterocycles. The van der Waals surface area contributed by atoms with Gasteiger partial charge in [0.2, 0.25) is 5.91 Å². The van der Waals surface area contributed by atoms with Gasteiger partial charge in [0, 0.05) is 42.7 Å². The highest BCUT2D eigenvalue weighted by Gasteiger charge is 2.51. The Morgan fingerprint density at radius 3 is 2.64 bits per heavy atom. The quantitative estimate of drug-likeness (QED) is 0.175. The second kappa shape index (κ2) is 11.5. The Morgan fingerprint density at radius 2 is 1.97 bits per heavy atom. The van der Waals surface area contributed by atoms with E-state index in [0.29, 0.717) is 37.9 Å². The van der Waals surface area contributed by atoms with E-state index in [0.717, 1.165) is 45.2 Å². The predicted molar refractivity (Wildman–Crippen MR) is 147 cm³/mol. The first-order valence-electron chi connectivity index (χ1n) is 11.8. The number of oxazole rings is 1. The summed E-state index contributed by atoms with van der Waals surface area (Å²) in [7, 11) is 1.88. The van der Waals surface area contributed by atoms with Gasteiger partial charge in [-0.3, -0.25) is 4.79 Å². The molecular weight excluding hydrogens is 517 g/mol. The number of aryl methyl sites for hydroxylation is 1. The number of rotatable bonds is 11. The number of anilines is 1. The molecule has 3 N–H and O–H groups in total. The number of thioether (sulfide) groups is 1. The van der Waals surface area contributed by atoms with E-state index >= 15 is 0 Å². The fourth-order valence-corrected chi connectivity index (χ4v) is 10.1. The number of benzene rings is 2. The third-order valence-electron chi connectivity index (χ3n) is 6.40. The van der Waals surface area contributed by atoms with E-state index in [1.54, 1.807) is 18.4 Å². The van der Waals surface area contributed by atoms with Crippen molar-refractivity contribution >= 4 is 52.2 Å². The maximum atomic E-state index is 13.6. The van der Waals surface area contributed by atoms with Crippen molar-refractivity contribution in [1.82, 2.24) is 4.98 Å². The van der Waals surface area contributed by atoms with Gasteiger partial charge in [-0.2, -0.15) is 0 Å². The summed E-state index contributed by atoms with van der Waals surface area (Å²) in [5.41, 5.74) is 9.46. The fourth-order valence-electron chi connectivity index (χ4n) is 4.24. The highest BCUT2D eigenvalue weighted by molar-refractivity contribution is 8.58. The molecule has 1 amide bonds. The molecule has 1 fully saturated rings. The third-order valence-corrected chi connectivity index (χ3v) is 13.1. The van der Waals surface area contributed by atoms with Crippen LogP contribution >= 0.6 is 29.5 Å². The number of carbonyl (C=O) groups excluding carboxylic acids is 1. The number of primary amides is 1. The summed E-state index contributed by atoms with van der Waals surface area (Å²) < 4.78 is 30.7. The van der Waals surface area contributed by atoms with Crippen molar-refractivity contribution in [2.45, 2.75) is 41.5 Å². The Kier molecular flexibility index (Phi) is 8.60. The van der Waals surface area contributed by atoms with Gasteiger partial charge >= 0.3 is 0 Å². The van der Waals surface area contributed by atoms with Gasteiger partial charge in [0.25, 0.3) is 5.22 Å². The van der Waals surface area contributed by atoms with E-state index in [-0.39, 0.29) is 0 Å². The SMILES string of the molecule is CNc1cc(C)c2nc(SCCCOc3ccc(SP(C)(=O)C4(C(N)=O)CCOCC4)cc3)oc2c1. The molecule has 1 atom stereocenters. The second-order valence-electron chi connectivity index (χ2n) is 8.84. The average molecular weight is 550 g/mol. The number of hydrogen-bond acceptors (Lipinski definition) is 9. The Morgan fingerprint density at radius 1 is 1.25 bits per heavy atom. The van der Waals surface area contributed by atoms with Crippen molar-refractivity contribution in [2.24, 2.45) is 5.73 Å². The minimum atomic E-state index is -2.97. The van der Waals surface area contributed by atoms with Gasteiger partial charge in [-0.05, 0) is 68.7 Å². The van der Waals surface area contributed by atoms with Crippen molar-refractivity contribution < 1.29 is 23.3 Å². The maximum absolute atomic E-state index is 13.6. The van der Waals surface area contributed by atoms with Gasteiger partial charge in [0.15, 0.2) is 11.9 Å². The van der Waals surface area contributed by atoms with Crippen molar-refractivity contribution in [3.05, 3.63) is 42.0 Å². The number of aromatic nitrogens is 1. The fraction of sp³-hybridized carbons (Fsp3) is 0.440. The Bertz CT molecular complexity index is 1260. The molecule has 11 heteroatoms. The van der Waals surface area contributed by atoms with Gasteiger partial charge in [0.1, 0.15) is 16.4 Å². The summed E-state index contributed by atoms with van der Waals surface area (Å²) in [6, 6.07) is 11.5. The molecule has 194 valence electrons. The maximum Gasteiger partial charge on any atom is 0.256 e. The van der Waals surface area contributed by atoms with E-state index in [2.05, 4.69) is 16.4 Å². The molecular formula is C25H32N3O5PS2. The standard InChI is InChI=1S/C25H32N3O5PS2/c1-17-15-18(27-2)16-21-22(17)28-24(33-21)35-14-4-11-32-19-5-7-20(8-6-19)36-34(3,30)25(23(26)29)9-12-31-13-10-25/h5-8,15-16,27H,4,9-14H2,1-3H3,(H2,26,29). The zero-order valence-electron chi connectivity index (χ0n) is 20.7. The van der Waals surface area contributed by atoms with Crippen LogP contribution in [0.1, 0.15) is 24.8 Å². The van der Waals surface area contributed by atoms with Crippen molar-refractivity contribution in [3.8, 4) is 5.75 Å². The topological polar surface area (TPSA) is 117 Å². The van der Waals surface area contributed by atoms with Crippen LogP contribution in [0.15, 0.2) is 50.9 Å². The number of hydrogen-bond donors (Lipinski definition) is 2. The van der Waals surface area contributed by atoms with Gasteiger partial charge in [-0.1, -0.05) is 23.1 Å². The van der Waals surface area contributed by atoms with Crippen LogP contribution in [0, 0.1) is 6.92 Å². The van der Waals surface area contributed by atoms with E-state index in [4.69, 9.17) is 19.6 Å². The summed E-state index contributed by atoms with van der Waals surface area (Å²) >= 11 is 2.81. The molecule has 3 aromatic rings. The van der Waals surface area contributed by atoms with Crippen LogP contribution in [0.2, 0.25) is 0 Å². The summed E-state index contributed by atoms with van der Waals surface area (Å²) in [5, 5.41) is 2.77. The van der Waals surface area contributed by atoms with Crippen LogP contribution in [-0.4, -0.2) is 55.3 Å². The first kappa shape index (κ1) is 26.9. The van der Waals surface area contributed by atoms with Crippen LogP contribution in [0.5, 0.6) is 5.75 Å². The number of fused-ring (bicyclic) bond motifs is 1. The number of amides is 1. The molecule has 1 aliphatic rings. The van der Waals surface area contributed by atoms with Crippen LogP contribution in [0.25, 0.3) is 11.1 Å². The lowest BCUT2D eigenvalue weighted by atomic mass is 9.98. The molecule has 8 nitrogen and oxygen atoms in total. The van der Waals surface area contributed by atoms with Crippen LogP contribution in [-0.2, 0) is 14.1 Å². The van der Waals surface area contributed by atoms with Crippen LogP contribution in [0.4, 0.5) is 5.69 Å². The monoisotopic (exact) mass is 549 g/mol. The average Bonchev–Trinajstić information content (AvgIpc) is 3.28. The van der Waals surface area contributed by atoms with Gasteiger partial charge in [-0.15, -0.1) is 0 Å². The minimum Gasteiger partial charge on any atom is -0.494 e. The highest BCUT2D eigenvalue weighted by Crippen LogP contribution is 2.70. The molecule has 2 aromatic carbocycles. The van der Waals surface area contributed by atoms with Crippen LogP contribution < -0.4 is 15.8 Å². The van der Waals surface area contributed by atoms with Crippen molar-refractivity contribution in [2.75, 3.05) is 44.6 Å². The number of nitrogens with one attached hydrogen (secondary N) is 1. The lowest BCUT2D eigenvalue weighted by Crippen LogP contribution is -2.47. The molecule has 0 spiro atoms. The molecule has 0 saturated carbocycles. The van der Waals surface area contributed by atoms with E-state index in [1.165, 1.54) is 11.4 Å². The lowest BCUT2D eigenvalue weighted by molar-refractivity contribution is -0.122. The summed E-state index contributed by atoms with van der Waals surface area (Å²) in [6.45, 7) is 5.04. The number of nitrogens with two attached hydrogens (primary N) is 1. The molecule has 4 rings (SSSR count). The van der Waals surface area contributed by atoms with Crippen molar-refractivity contribution in [3.63, 3.8) is 0 Å². The first-order chi connectivity index (χ1) is 17.2. The zero-order valence-corrected chi connectivity index (χ0v) is 23.3. The van der Waals surface area contributed by atoms with E-state index in [1.807, 2.05) is 44.3 Å². The lowest BCUT2D eigenvalue weighted by Gasteiger charge is -2.38. The van der Waals surface area contributed by atoms with Gasteiger partial charge in [-0.25, -0.2) is 4.98 Å². The summed E-state index contributed by atoms with van der Waals surface area (Å²) in [6.07, 6.45) is -1.36. The largest absolute Gasteiger partial charge is 0.494 e. The molecule has 0 aliphatic carbocycles. The normalized spacial score (nSPS) is 17.0. The second-order valence-corrected chi connectivity index (χ2v) is 15.7. The third kappa shape index (κ3) is 5.88. The summed E-state index contributed by atoms with van der Waals surface area (Å²) in [5.74, 6) is 1.05. The summed E-state index contributed by atoms with van der Waals surface area (Å²) in [4.78, 5) is 17.7. The number of carbonyl (C=O) groups is 1. The number of ether oxygens (including phenoxy) is 2.